The maximum absolute atomic E-state index is 12.3. The first-order valence-electron chi connectivity index (χ1n) is 12.0. The summed E-state index contributed by atoms with van der Waals surface area (Å²) in [6.07, 6.45) is -4.92. The first-order valence-corrected chi connectivity index (χ1v) is 14.3. The number of ether oxygens (including phenoxy) is 2. The number of rotatable bonds is 11. The number of aromatic nitrogens is 8. The molecule has 0 aliphatic carbocycles. The Morgan fingerprint density at radius 2 is 1.98 bits per heavy atom. The summed E-state index contributed by atoms with van der Waals surface area (Å²) in [6, 6.07) is 7.23. The number of nitrogens with zero attached hydrogens (tertiary/aromatic N) is 7. The summed E-state index contributed by atoms with van der Waals surface area (Å²) in [6.45, 7) is -1.45. The maximum Gasteiger partial charge on any atom is 0.359 e. The van der Waals surface area contributed by atoms with E-state index in [9.17, 15) is 29.7 Å². The fourth-order valence-corrected chi connectivity index (χ4v) is 5.42. The molecule has 41 heavy (non-hydrogen) atoms. The number of nitrogens with one attached hydrogen (secondary N) is 2. The minimum absolute atomic E-state index is 0.133. The minimum atomic E-state index is -5.14. The monoisotopic (exact) mass is 631 g/mol. The van der Waals surface area contributed by atoms with Crippen molar-refractivity contribution >= 4 is 47.6 Å². The van der Waals surface area contributed by atoms with Crippen LogP contribution in [0.4, 0.5) is 5.82 Å². The van der Waals surface area contributed by atoms with E-state index in [4.69, 9.17) is 32.7 Å². The molecular formula is C21H24Cl2N9O8P. The van der Waals surface area contributed by atoms with Crippen LogP contribution in [0.1, 0.15) is 17.6 Å². The van der Waals surface area contributed by atoms with Gasteiger partial charge in [-0.15, -0.1) is 10.2 Å². The van der Waals surface area contributed by atoms with Crippen molar-refractivity contribution in [2.75, 3.05) is 18.5 Å². The van der Waals surface area contributed by atoms with Gasteiger partial charge in [0.1, 0.15) is 24.1 Å². The van der Waals surface area contributed by atoms with E-state index in [1.165, 1.54) is 10.9 Å². The van der Waals surface area contributed by atoms with Crippen molar-refractivity contribution in [1.82, 2.24) is 40.4 Å². The number of aliphatic hydroxyl groups excluding tert-OH is 3. The average Bonchev–Trinajstić information content (AvgIpc) is 3.66. The van der Waals surface area contributed by atoms with Crippen molar-refractivity contribution in [2.45, 2.75) is 42.8 Å². The maximum atomic E-state index is 12.3. The zero-order chi connectivity index (χ0) is 29.4. The Hall–Kier alpha value is -2.83. The second-order valence-electron chi connectivity index (χ2n) is 9.12. The van der Waals surface area contributed by atoms with Gasteiger partial charge in [0.15, 0.2) is 23.0 Å². The van der Waals surface area contributed by atoms with Crippen molar-refractivity contribution in [1.29, 1.82) is 0 Å². The van der Waals surface area contributed by atoms with Crippen molar-refractivity contribution < 1.29 is 39.1 Å². The van der Waals surface area contributed by atoms with Crippen LogP contribution in [0.2, 0.25) is 10.3 Å². The van der Waals surface area contributed by atoms with Gasteiger partial charge >= 0.3 is 7.60 Å². The molecule has 1 aliphatic heterocycles. The molecule has 0 amide bonds. The summed E-state index contributed by atoms with van der Waals surface area (Å²) in [5.41, 5.74) is 0.972. The van der Waals surface area contributed by atoms with E-state index >= 15 is 0 Å². The van der Waals surface area contributed by atoms with Gasteiger partial charge in [0.25, 0.3) is 0 Å². The molecule has 1 aliphatic rings. The van der Waals surface area contributed by atoms with Crippen molar-refractivity contribution in [3.05, 3.63) is 52.2 Å². The Morgan fingerprint density at radius 1 is 1.20 bits per heavy atom. The summed E-state index contributed by atoms with van der Waals surface area (Å²) in [5, 5.41) is 49.9. The first-order chi connectivity index (χ1) is 19.5. The van der Waals surface area contributed by atoms with Crippen LogP contribution in [0.5, 0.6) is 0 Å². The number of aliphatic hydroxyl groups is 3. The zero-order valence-corrected chi connectivity index (χ0v) is 23.2. The summed E-state index contributed by atoms with van der Waals surface area (Å²) >= 11 is 12.4. The summed E-state index contributed by atoms with van der Waals surface area (Å²) in [7, 11) is -5.14. The van der Waals surface area contributed by atoms with Gasteiger partial charge in [0.2, 0.25) is 5.28 Å². The van der Waals surface area contributed by atoms with Crippen LogP contribution in [0.3, 0.4) is 0 Å². The topological polar surface area (TPSA) is 247 Å². The predicted molar refractivity (Wildman–Crippen MR) is 141 cm³/mol. The van der Waals surface area contributed by atoms with Gasteiger partial charge in [-0.05, 0) is 23.2 Å². The normalized spacial score (nSPS) is 22.7. The molecule has 3 aromatic heterocycles. The van der Waals surface area contributed by atoms with E-state index in [0.29, 0.717) is 22.8 Å². The third kappa shape index (κ3) is 5.91. The van der Waals surface area contributed by atoms with Crippen LogP contribution in [0.25, 0.3) is 11.0 Å². The van der Waals surface area contributed by atoms with Gasteiger partial charge in [-0.2, -0.15) is 20.3 Å². The second kappa shape index (κ2) is 11.8. The molecule has 1 fully saturated rings. The van der Waals surface area contributed by atoms with Crippen molar-refractivity contribution in [3.8, 4) is 0 Å². The first kappa shape index (κ1) is 29.7. The Kier molecular flexibility index (Phi) is 8.54. The van der Waals surface area contributed by atoms with Gasteiger partial charge in [-0.3, -0.25) is 4.57 Å². The number of H-pyrrole nitrogens is 1. The molecule has 1 unspecified atom stereocenters. The van der Waals surface area contributed by atoms with Crippen LogP contribution < -0.4 is 5.32 Å². The fraction of sp³-hybridized carbons (Fsp3) is 0.429. The summed E-state index contributed by atoms with van der Waals surface area (Å²) in [5.74, 6) is 0.196. The van der Waals surface area contributed by atoms with E-state index < -0.39 is 57.1 Å². The minimum Gasteiger partial charge on any atom is -0.393 e. The highest BCUT2D eigenvalue weighted by molar-refractivity contribution is 7.53. The van der Waals surface area contributed by atoms with Gasteiger partial charge < -0.3 is 39.9 Å². The number of hydrogen-bond donors (Lipinski definition) is 7. The van der Waals surface area contributed by atoms with Crippen LogP contribution in [0.15, 0.2) is 30.5 Å². The SMILES string of the molecule is O=P(O)(O)[C@](CO)(Cc1nn[nH]n1)OC[C@H]1OC(n2ncc3c(NCc4ccccc4Cl)nc(Cl)nc32)[C@H](O)[C@@H]1O. The molecule has 4 aromatic rings. The Morgan fingerprint density at radius 3 is 2.66 bits per heavy atom. The van der Waals surface area contributed by atoms with E-state index in [2.05, 4.69) is 41.0 Å². The molecule has 0 spiro atoms. The molecule has 1 saturated heterocycles. The van der Waals surface area contributed by atoms with Crippen LogP contribution in [-0.4, -0.2) is 102 Å². The number of benzene rings is 1. The Bertz CT molecular complexity index is 1560. The molecule has 0 radical (unpaired) electrons. The van der Waals surface area contributed by atoms with E-state index in [1.807, 2.05) is 12.1 Å². The number of anilines is 1. The third-order valence-electron chi connectivity index (χ3n) is 6.53. The fourth-order valence-electron chi connectivity index (χ4n) is 4.28. The molecule has 17 nitrogen and oxygen atoms in total. The molecule has 5 rings (SSSR count). The van der Waals surface area contributed by atoms with Gasteiger partial charge in [-0.1, -0.05) is 35.0 Å². The highest BCUT2D eigenvalue weighted by atomic mass is 35.5. The number of halogens is 2. The summed E-state index contributed by atoms with van der Waals surface area (Å²) in [4.78, 5) is 28.3. The summed E-state index contributed by atoms with van der Waals surface area (Å²) < 4.78 is 24.8. The number of aromatic amines is 1. The highest BCUT2D eigenvalue weighted by Crippen LogP contribution is 2.53. The smallest absolute Gasteiger partial charge is 0.359 e. The average molecular weight is 632 g/mol. The van der Waals surface area contributed by atoms with Crippen LogP contribution >= 0.6 is 30.8 Å². The number of fused-ring (bicyclic) bond motifs is 1. The van der Waals surface area contributed by atoms with Crippen molar-refractivity contribution in [3.63, 3.8) is 0 Å². The lowest BCUT2D eigenvalue weighted by molar-refractivity contribution is -0.109. The quantitative estimate of drug-likeness (QED) is 0.0850. The zero-order valence-electron chi connectivity index (χ0n) is 20.8. The highest BCUT2D eigenvalue weighted by Gasteiger charge is 2.52. The molecule has 0 saturated carbocycles. The van der Waals surface area contributed by atoms with Gasteiger partial charge in [-0.25, -0.2) is 4.68 Å². The lowest BCUT2D eigenvalue weighted by atomic mass is 10.1. The second-order valence-corrected chi connectivity index (χ2v) is 11.8. The molecule has 4 heterocycles. The van der Waals surface area contributed by atoms with E-state index in [-0.39, 0.29) is 16.8 Å². The third-order valence-corrected chi connectivity index (χ3v) is 8.55. The van der Waals surface area contributed by atoms with E-state index in [0.717, 1.165) is 5.56 Å². The molecule has 7 N–H and O–H groups in total. The lowest BCUT2D eigenvalue weighted by Gasteiger charge is -2.32. The lowest BCUT2D eigenvalue weighted by Crippen LogP contribution is -2.43. The molecule has 5 atom stereocenters. The van der Waals surface area contributed by atoms with Crippen molar-refractivity contribution in [2.24, 2.45) is 0 Å². The molecule has 1 aromatic carbocycles. The molecule has 0 bridgehead atoms. The molecule has 20 heteroatoms. The Balaban J connectivity index is 1.36. The molecular weight excluding hydrogens is 608 g/mol. The Labute approximate surface area is 240 Å². The number of tetrazole rings is 1. The van der Waals surface area contributed by atoms with Gasteiger partial charge in [0.05, 0.1) is 31.2 Å². The molecule has 220 valence electrons. The standard InChI is InChI=1S/C21H24Cl2N9O8P/c22-12-4-2-1-3-10(12)6-24-17-11-7-25-32(18(11)27-20(23)26-17)19-16(35)15(34)13(40-19)8-39-21(9-33,41(36,37)38)5-14-28-30-31-29-14/h1-4,7,13,15-16,19,33-35H,5-6,8-9H2,(H,24,26,27)(H2,36,37,38)(H,28,29,30,31)/t13-,15-,16-,19?,21+/m1/s1. The predicted octanol–water partition coefficient (Wildman–Crippen LogP) is 0.00310. The van der Waals surface area contributed by atoms with Crippen LogP contribution in [-0.2, 0) is 27.0 Å². The van der Waals surface area contributed by atoms with Crippen LogP contribution in [0, 0.1) is 0 Å². The van der Waals surface area contributed by atoms with Gasteiger partial charge in [0, 0.05) is 11.6 Å². The number of hydrogen-bond acceptors (Lipinski definition) is 13. The van der Waals surface area contributed by atoms with E-state index in [1.54, 1.807) is 12.1 Å². The largest absolute Gasteiger partial charge is 0.393 e.